The molecule has 1 fully saturated rings. The molecule has 6 nitrogen and oxygen atoms in total. The first-order valence-corrected chi connectivity index (χ1v) is 14.7. The van der Waals surface area contributed by atoms with Crippen LogP contribution in [0.3, 0.4) is 0 Å². The minimum Gasteiger partial charge on any atom is -0.496 e. The molecule has 0 saturated heterocycles. The molecule has 0 aromatic heterocycles. The fourth-order valence-electron chi connectivity index (χ4n) is 6.15. The van der Waals surface area contributed by atoms with Gasteiger partial charge < -0.3 is 21.2 Å². The average Bonchev–Trinajstić information content (AvgIpc) is 3.37. The molecule has 216 valence electrons. The summed E-state index contributed by atoms with van der Waals surface area (Å²) in [5.41, 5.74) is 16.1. The number of nitrogens with one attached hydrogen (secondary N) is 2. The number of nitrogens with two attached hydrogens (primary N) is 1. The summed E-state index contributed by atoms with van der Waals surface area (Å²) in [6.45, 7) is 8.03. The molecule has 1 heterocycles. The number of hydrogen-bond acceptors (Lipinski definition) is 6. The monoisotopic (exact) mass is 560 g/mol. The SMILES string of the molecule is C=Cc1c(OC)ccc(C2=CN=C3C2=C/C=C\C/C=C/3Nc2ccc(C(=O)CC(=N)C3CCC(N)CC3)c(C)c2)c1C. The molecular weight excluding hydrogens is 520 g/mol. The van der Waals surface area contributed by atoms with Gasteiger partial charge in [-0.05, 0) is 92.8 Å². The summed E-state index contributed by atoms with van der Waals surface area (Å²) in [6, 6.07) is 10.1. The highest BCUT2D eigenvalue weighted by atomic mass is 16.5. The van der Waals surface area contributed by atoms with E-state index in [0.717, 1.165) is 88.3 Å². The fraction of sp³-hybridized carbons (Fsp3) is 0.306. The molecule has 0 unspecified atom stereocenters. The predicted octanol–water partition coefficient (Wildman–Crippen LogP) is 7.74. The fourth-order valence-corrected chi connectivity index (χ4v) is 6.15. The zero-order chi connectivity index (χ0) is 29.8. The molecule has 5 rings (SSSR count). The number of rotatable bonds is 9. The Morgan fingerprint density at radius 1 is 1.17 bits per heavy atom. The largest absolute Gasteiger partial charge is 0.496 e. The van der Waals surface area contributed by atoms with Crippen molar-refractivity contribution in [2.45, 2.75) is 58.4 Å². The first-order valence-electron chi connectivity index (χ1n) is 14.7. The first-order chi connectivity index (χ1) is 20.3. The van der Waals surface area contributed by atoms with Crippen LogP contribution < -0.4 is 15.8 Å². The summed E-state index contributed by atoms with van der Waals surface area (Å²) in [5, 5.41) is 12.1. The lowest BCUT2D eigenvalue weighted by molar-refractivity contribution is 0.0998. The van der Waals surface area contributed by atoms with Crippen molar-refractivity contribution in [1.29, 1.82) is 5.41 Å². The minimum atomic E-state index is 0.00205. The molecule has 0 radical (unpaired) electrons. The summed E-state index contributed by atoms with van der Waals surface area (Å²) in [5.74, 6) is 0.975. The van der Waals surface area contributed by atoms with Crippen molar-refractivity contribution >= 4 is 34.5 Å². The Labute approximate surface area is 249 Å². The maximum atomic E-state index is 13.1. The maximum absolute atomic E-state index is 13.1. The highest BCUT2D eigenvalue weighted by Crippen LogP contribution is 2.38. The van der Waals surface area contributed by atoms with E-state index in [1.807, 2.05) is 43.5 Å². The summed E-state index contributed by atoms with van der Waals surface area (Å²) in [4.78, 5) is 18.0. The third-order valence-corrected chi connectivity index (χ3v) is 8.59. The number of hydrogen-bond donors (Lipinski definition) is 3. The second-order valence-corrected chi connectivity index (χ2v) is 11.3. The molecular formula is C36H40N4O2. The molecule has 2 aromatic rings. The van der Waals surface area contributed by atoms with Gasteiger partial charge in [0.15, 0.2) is 5.78 Å². The zero-order valence-electron chi connectivity index (χ0n) is 24.8. The predicted molar refractivity (Wildman–Crippen MR) is 175 cm³/mol. The quantitative estimate of drug-likeness (QED) is 0.216. The third kappa shape index (κ3) is 6.00. The average molecular weight is 561 g/mol. The molecule has 4 N–H and O–H groups in total. The lowest BCUT2D eigenvalue weighted by atomic mass is 9.81. The van der Waals surface area contributed by atoms with E-state index < -0.39 is 0 Å². The van der Waals surface area contributed by atoms with E-state index in [-0.39, 0.29) is 24.2 Å². The Morgan fingerprint density at radius 2 is 1.95 bits per heavy atom. The van der Waals surface area contributed by atoms with Gasteiger partial charge >= 0.3 is 0 Å². The summed E-state index contributed by atoms with van der Waals surface area (Å²) < 4.78 is 5.54. The second kappa shape index (κ2) is 12.7. The number of aliphatic imine (C=N–C) groups is 1. The number of carbonyl (C=O) groups excluding carboxylic acids is 1. The highest BCUT2D eigenvalue weighted by Gasteiger charge is 2.26. The summed E-state index contributed by atoms with van der Waals surface area (Å²) in [6.07, 6.45) is 16.8. The van der Waals surface area contributed by atoms with Crippen LogP contribution in [0.15, 0.2) is 83.7 Å². The molecule has 1 aliphatic heterocycles. The number of allylic oxidation sites excluding steroid dienone is 6. The van der Waals surface area contributed by atoms with Gasteiger partial charge in [0.25, 0.3) is 0 Å². The van der Waals surface area contributed by atoms with Crippen molar-refractivity contribution in [3.8, 4) is 5.75 Å². The zero-order valence-corrected chi connectivity index (χ0v) is 24.8. The molecule has 0 spiro atoms. The van der Waals surface area contributed by atoms with E-state index in [2.05, 4.69) is 49.2 Å². The van der Waals surface area contributed by atoms with Gasteiger partial charge in [0.2, 0.25) is 0 Å². The van der Waals surface area contributed by atoms with Crippen molar-refractivity contribution < 1.29 is 9.53 Å². The van der Waals surface area contributed by atoms with Crippen LogP contribution in [0, 0.1) is 25.2 Å². The van der Waals surface area contributed by atoms with Gasteiger partial charge in [-0.25, -0.2) is 0 Å². The van der Waals surface area contributed by atoms with E-state index in [1.165, 1.54) is 0 Å². The van der Waals surface area contributed by atoms with E-state index in [4.69, 9.17) is 20.9 Å². The van der Waals surface area contributed by atoms with Gasteiger partial charge in [0.05, 0.1) is 18.5 Å². The standard InChI is InChI=1S/C36H40N4O2/c1-5-27-23(3)29(17-18-35(27)42-4)31-21-39-36-30(31)9-7-6-8-10-33(36)40-26-15-16-28(22(2)19-26)34(41)20-32(38)24-11-13-25(37)14-12-24/h5-7,9-10,15-19,21,24-25,38,40H,1,8,11-14,20,37H2,2-4H3/b7-6-,30-9?,33-10-,38-32?. The number of benzene rings is 2. The van der Waals surface area contributed by atoms with Crippen LogP contribution in [0.4, 0.5) is 5.69 Å². The number of Topliss-reactive ketones (excluding diaryl/α,β-unsaturated/α-hetero) is 1. The second-order valence-electron chi connectivity index (χ2n) is 11.3. The Kier molecular flexibility index (Phi) is 8.83. The van der Waals surface area contributed by atoms with Crippen LogP contribution in [0.2, 0.25) is 0 Å². The van der Waals surface area contributed by atoms with Gasteiger partial charge in [0.1, 0.15) is 5.75 Å². The topological polar surface area (TPSA) is 101 Å². The normalized spacial score (nSPS) is 21.8. The number of fused-ring (bicyclic) bond motifs is 1. The van der Waals surface area contributed by atoms with Crippen molar-refractivity contribution in [3.63, 3.8) is 0 Å². The molecule has 0 atom stereocenters. The minimum absolute atomic E-state index is 0.00205. The highest BCUT2D eigenvalue weighted by molar-refractivity contribution is 6.25. The van der Waals surface area contributed by atoms with Crippen LogP contribution in [0.25, 0.3) is 11.6 Å². The molecule has 3 aliphatic rings. The van der Waals surface area contributed by atoms with E-state index in [0.29, 0.717) is 11.3 Å². The Morgan fingerprint density at radius 3 is 2.67 bits per heavy atom. The Hall–Kier alpha value is -4.29. The number of carbonyl (C=O) groups is 1. The molecule has 2 aliphatic carbocycles. The lowest BCUT2D eigenvalue weighted by Crippen LogP contribution is -2.30. The van der Waals surface area contributed by atoms with Crippen LogP contribution in [-0.2, 0) is 0 Å². The van der Waals surface area contributed by atoms with E-state index in [1.54, 1.807) is 7.11 Å². The lowest BCUT2D eigenvalue weighted by Gasteiger charge is -2.26. The van der Waals surface area contributed by atoms with Crippen molar-refractivity contribution in [3.05, 3.63) is 107 Å². The number of methoxy groups -OCH3 is 1. The Balaban J connectivity index is 1.32. The molecule has 0 bridgehead atoms. The molecule has 0 amide bonds. The maximum Gasteiger partial charge on any atom is 0.168 e. The number of anilines is 1. The van der Waals surface area contributed by atoms with Crippen LogP contribution >= 0.6 is 0 Å². The van der Waals surface area contributed by atoms with Gasteiger partial charge in [-0.15, -0.1) is 0 Å². The summed E-state index contributed by atoms with van der Waals surface area (Å²) >= 11 is 0. The van der Waals surface area contributed by atoms with E-state index in [9.17, 15) is 4.79 Å². The molecule has 2 aromatic carbocycles. The smallest absolute Gasteiger partial charge is 0.168 e. The number of aryl methyl sites for hydroxylation is 1. The number of ketones is 1. The third-order valence-electron chi connectivity index (χ3n) is 8.59. The molecule has 1 saturated carbocycles. The van der Waals surface area contributed by atoms with Gasteiger partial charge in [-0.2, -0.15) is 0 Å². The van der Waals surface area contributed by atoms with Crippen LogP contribution in [-0.4, -0.2) is 30.4 Å². The van der Waals surface area contributed by atoms with Gasteiger partial charge in [-0.3, -0.25) is 9.79 Å². The molecule has 42 heavy (non-hydrogen) atoms. The van der Waals surface area contributed by atoms with Crippen molar-refractivity contribution in [2.24, 2.45) is 16.6 Å². The van der Waals surface area contributed by atoms with Crippen molar-refractivity contribution in [1.82, 2.24) is 0 Å². The number of nitrogens with zero attached hydrogens (tertiary/aromatic N) is 1. The summed E-state index contributed by atoms with van der Waals surface area (Å²) in [7, 11) is 1.67. The van der Waals surface area contributed by atoms with Gasteiger partial charge in [-0.1, -0.05) is 43.0 Å². The molecule has 6 heteroatoms. The first kappa shape index (κ1) is 29.2. The van der Waals surface area contributed by atoms with Crippen molar-refractivity contribution in [2.75, 3.05) is 12.4 Å². The number of ether oxygens (including phenoxy) is 1. The van der Waals surface area contributed by atoms with Gasteiger partial charge in [0, 0.05) is 52.3 Å². The Bertz CT molecular complexity index is 1580. The van der Waals surface area contributed by atoms with Crippen LogP contribution in [0.5, 0.6) is 5.75 Å². The van der Waals surface area contributed by atoms with E-state index >= 15 is 0 Å². The van der Waals surface area contributed by atoms with Crippen LogP contribution in [0.1, 0.15) is 71.1 Å².